The van der Waals surface area contributed by atoms with Gasteiger partial charge in [0.2, 0.25) is 5.91 Å². The second kappa shape index (κ2) is 7.75. The lowest BCUT2D eigenvalue weighted by Crippen LogP contribution is -2.36. The van der Waals surface area contributed by atoms with Gasteiger partial charge in [-0.05, 0) is 30.5 Å². The lowest BCUT2D eigenvalue weighted by Gasteiger charge is -2.33. The first kappa shape index (κ1) is 19.1. The summed E-state index contributed by atoms with van der Waals surface area (Å²) in [5, 5.41) is 0. The molecule has 0 radical (unpaired) electrons. The quantitative estimate of drug-likeness (QED) is 0.503. The lowest BCUT2D eigenvalue weighted by molar-refractivity contribution is -0.125. The summed E-state index contributed by atoms with van der Waals surface area (Å²) in [7, 11) is 0. The smallest absolute Gasteiger partial charge is 0.221 e. The Morgan fingerprint density at radius 2 is 1.97 bits per heavy atom. The standard InChI is InChI=1S/C24H23N5O2/c25-22-21-20(16-7-4-8-17(13-16)31-14-15-5-2-1-3-6-15)28-24(29(21)12-11-27-22)19-10-9-18(19)23(26)30/h1-8,11-13,18-19H,9-10,14H2,(H2,25,27)(H2,26,30)/t18-,19-/m1/s1. The highest BCUT2D eigenvalue weighted by atomic mass is 16.5. The van der Waals surface area contributed by atoms with Gasteiger partial charge in [0.25, 0.3) is 0 Å². The summed E-state index contributed by atoms with van der Waals surface area (Å²) in [6, 6.07) is 17.8. The summed E-state index contributed by atoms with van der Waals surface area (Å²) >= 11 is 0. The zero-order chi connectivity index (χ0) is 21.4. The van der Waals surface area contributed by atoms with Gasteiger partial charge in [-0.1, -0.05) is 42.5 Å². The first-order valence-corrected chi connectivity index (χ1v) is 10.3. The summed E-state index contributed by atoms with van der Waals surface area (Å²) in [6.07, 6.45) is 5.14. The van der Waals surface area contributed by atoms with Gasteiger partial charge in [0, 0.05) is 29.8 Å². The minimum absolute atomic E-state index is 0.0157. The number of aromatic nitrogens is 3. The van der Waals surface area contributed by atoms with E-state index < -0.39 is 0 Å². The molecule has 1 aliphatic carbocycles. The van der Waals surface area contributed by atoms with E-state index in [2.05, 4.69) is 4.98 Å². The predicted molar refractivity (Wildman–Crippen MR) is 118 cm³/mol. The molecule has 1 amide bonds. The molecule has 0 bridgehead atoms. The monoisotopic (exact) mass is 413 g/mol. The second-order valence-electron chi connectivity index (χ2n) is 7.84. The normalized spacial score (nSPS) is 17.9. The third kappa shape index (κ3) is 3.48. The van der Waals surface area contributed by atoms with Crippen molar-refractivity contribution < 1.29 is 9.53 Å². The van der Waals surface area contributed by atoms with Crippen LogP contribution in [0.2, 0.25) is 0 Å². The number of imidazole rings is 1. The van der Waals surface area contributed by atoms with Crippen molar-refractivity contribution in [2.75, 3.05) is 5.73 Å². The minimum Gasteiger partial charge on any atom is -0.489 e. The highest BCUT2D eigenvalue weighted by Crippen LogP contribution is 2.43. The van der Waals surface area contributed by atoms with Gasteiger partial charge in [-0.25, -0.2) is 9.97 Å². The third-order valence-corrected chi connectivity index (χ3v) is 5.94. The summed E-state index contributed by atoms with van der Waals surface area (Å²) in [5.41, 5.74) is 15.3. The molecule has 156 valence electrons. The Kier molecular flexibility index (Phi) is 4.78. The number of ether oxygens (including phenoxy) is 1. The molecule has 2 atom stereocenters. The minimum atomic E-state index is -0.284. The Morgan fingerprint density at radius 3 is 2.71 bits per heavy atom. The zero-order valence-electron chi connectivity index (χ0n) is 16.9. The van der Waals surface area contributed by atoms with Gasteiger partial charge >= 0.3 is 0 Å². The molecule has 4 N–H and O–H groups in total. The molecular weight excluding hydrogens is 390 g/mol. The number of anilines is 1. The van der Waals surface area contributed by atoms with E-state index in [1.54, 1.807) is 6.20 Å². The number of carbonyl (C=O) groups excluding carboxylic acids is 1. The van der Waals surface area contributed by atoms with Crippen LogP contribution in [-0.2, 0) is 11.4 Å². The Hall–Kier alpha value is -3.87. The number of carbonyl (C=O) groups is 1. The summed E-state index contributed by atoms with van der Waals surface area (Å²) in [6.45, 7) is 0.478. The van der Waals surface area contributed by atoms with Crippen molar-refractivity contribution in [1.29, 1.82) is 0 Å². The third-order valence-electron chi connectivity index (χ3n) is 5.94. The first-order valence-electron chi connectivity index (χ1n) is 10.3. The molecule has 0 spiro atoms. The van der Waals surface area contributed by atoms with Crippen LogP contribution in [0.5, 0.6) is 5.75 Å². The number of amides is 1. The molecule has 0 unspecified atom stereocenters. The van der Waals surface area contributed by atoms with Crippen molar-refractivity contribution in [3.8, 4) is 17.0 Å². The fourth-order valence-corrected chi connectivity index (χ4v) is 4.17. The molecule has 2 heterocycles. The Labute approximate surface area is 179 Å². The number of fused-ring (bicyclic) bond motifs is 1. The largest absolute Gasteiger partial charge is 0.489 e. The topological polar surface area (TPSA) is 109 Å². The van der Waals surface area contributed by atoms with Crippen molar-refractivity contribution in [2.24, 2.45) is 11.7 Å². The van der Waals surface area contributed by atoms with Gasteiger partial charge in [-0.2, -0.15) is 0 Å². The van der Waals surface area contributed by atoms with Gasteiger partial charge in [0.15, 0.2) is 0 Å². The zero-order valence-corrected chi connectivity index (χ0v) is 16.9. The SMILES string of the molecule is NC(=O)[C@@H]1CC[C@H]1c1nc(-c2cccc(OCc3ccccc3)c2)c2c(N)nccn12. The first-order chi connectivity index (χ1) is 15.1. The van der Waals surface area contributed by atoms with Crippen LogP contribution in [0, 0.1) is 5.92 Å². The van der Waals surface area contributed by atoms with E-state index >= 15 is 0 Å². The molecule has 1 saturated carbocycles. The Morgan fingerprint density at radius 1 is 1.13 bits per heavy atom. The molecule has 1 fully saturated rings. The van der Waals surface area contributed by atoms with E-state index in [0.717, 1.165) is 46.8 Å². The lowest BCUT2D eigenvalue weighted by atomic mass is 9.72. The average molecular weight is 413 g/mol. The van der Waals surface area contributed by atoms with Crippen molar-refractivity contribution >= 4 is 17.2 Å². The number of nitrogen functional groups attached to an aromatic ring is 1. The van der Waals surface area contributed by atoms with Crippen LogP contribution in [0.25, 0.3) is 16.8 Å². The molecule has 2 aromatic heterocycles. The molecule has 0 saturated heterocycles. The van der Waals surface area contributed by atoms with Gasteiger partial charge in [0.1, 0.15) is 35.2 Å². The van der Waals surface area contributed by atoms with Crippen LogP contribution in [0.1, 0.15) is 30.1 Å². The van der Waals surface area contributed by atoms with Gasteiger partial charge in [0.05, 0.1) is 0 Å². The highest BCUT2D eigenvalue weighted by Gasteiger charge is 2.39. The van der Waals surface area contributed by atoms with E-state index in [0.29, 0.717) is 12.4 Å². The molecular formula is C24H23N5O2. The Balaban J connectivity index is 1.52. The molecule has 4 aromatic rings. The average Bonchev–Trinajstić information content (AvgIpc) is 3.12. The van der Waals surface area contributed by atoms with E-state index in [-0.39, 0.29) is 17.7 Å². The van der Waals surface area contributed by atoms with Crippen LogP contribution >= 0.6 is 0 Å². The number of rotatable bonds is 6. The molecule has 1 aliphatic rings. The fourth-order valence-electron chi connectivity index (χ4n) is 4.17. The van der Waals surface area contributed by atoms with Gasteiger partial charge in [-0.3, -0.25) is 9.20 Å². The summed E-state index contributed by atoms with van der Waals surface area (Å²) in [5.74, 6) is 1.43. The highest BCUT2D eigenvalue weighted by molar-refractivity contribution is 5.86. The predicted octanol–water partition coefficient (Wildman–Crippen LogP) is 3.54. The maximum Gasteiger partial charge on any atom is 0.221 e. The maximum absolute atomic E-state index is 11.8. The van der Waals surface area contributed by atoms with Crippen LogP contribution in [0.4, 0.5) is 5.82 Å². The molecule has 2 aromatic carbocycles. The van der Waals surface area contributed by atoms with E-state index in [9.17, 15) is 4.79 Å². The van der Waals surface area contributed by atoms with Crippen molar-refractivity contribution in [3.63, 3.8) is 0 Å². The van der Waals surface area contributed by atoms with Crippen molar-refractivity contribution in [1.82, 2.24) is 14.4 Å². The fraction of sp³-hybridized carbons (Fsp3) is 0.208. The van der Waals surface area contributed by atoms with Crippen molar-refractivity contribution in [3.05, 3.63) is 78.4 Å². The number of primary amides is 1. The number of benzene rings is 2. The number of hydrogen-bond donors (Lipinski definition) is 2. The molecule has 7 nitrogen and oxygen atoms in total. The van der Waals surface area contributed by atoms with Gasteiger partial charge in [-0.15, -0.1) is 0 Å². The maximum atomic E-state index is 11.8. The summed E-state index contributed by atoms with van der Waals surface area (Å²) in [4.78, 5) is 21.0. The number of hydrogen-bond acceptors (Lipinski definition) is 5. The van der Waals surface area contributed by atoms with Crippen molar-refractivity contribution in [2.45, 2.75) is 25.4 Å². The van der Waals surface area contributed by atoms with E-state index in [4.69, 9.17) is 21.2 Å². The van der Waals surface area contributed by atoms with Crippen LogP contribution in [0.3, 0.4) is 0 Å². The molecule has 0 aliphatic heterocycles. The number of nitrogens with zero attached hydrogens (tertiary/aromatic N) is 3. The number of nitrogens with two attached hydrogens (primary N) is 2. The molecule has 31 heavy (non-hydrogen) atoms. The van der Waals surface area contributed by atoms with Crippen LogP contribution < -0.4 is 16.2 Å². The Bertz CT molecular complexity index is 1250. The van der Waals surface area contributed by atoms with Crippen LogP contribution in [0.15, 0.2) is 67.0 Å². The van der Waals surface area contributed by atoms with E-state index in [1.165, 1.54) is 0 Å². The molecule has 7 heteroatoms. The summed E-state index contributed by atoms with van der Waals surface area (Å²) < 4.78 is 7.93. The van der Waals surface area contributed by atoms with E-state index in [1.807, 2.05) is 65.2 Å². The van der Waals surface area contributed by atoms with Gasteiger partial charge < -0.3 is 16.2 Å². The van der Waals surface area contributed by atoms with Crippen LogP contribution in [-0.4, -0.2) is 20.3 Å². The second-order valence-corrected chi connectivity index (χ2v) is 7.84. The molecule has 5 rings (SSSR count).